The van der Waals surface area contributed by atoms with Crippen LogP contribution in [0.3, 0.4) is 0 Å². The Kier molecular flexibility index (Phi) is 6.26. The maximum Gasteiger partial charge on any atom is 0.255 e. The number of benzene rings is 3. The molecule has 1 aliphatic heterocycles. The number of carbonyl (C=O) groups excluding carboxylic acids is 2. The summed E-state index contributed by atoms with van der Waals surface area (Å²) in [6.45, 7) is 2.08. The monoisotopic (exact) mass is 417 g/mol. The van der Waals surface area contributed by atoms with Crippen LogP contribution in [0.2, 0.25) is 0 Å². The van der Waals surface area contributed by atoms with Crippen molar-refractivity contribution >= 4 is 23.2 Å². The minimum absolute atomic E-state index is 0.229. The van der Waals surface area contributed by atoms with Crippen molar-refractivity contribution in [2.24, 2.45) is 0 Å². The van der Waals surface area contributed by atoms with E-state index in [-0.39, 0.29) is 17.6 Å². The molecule has 1 aliphatic rings. The summed E-state index contributed by atoms with van der Waals surface area (Å²) in [4.78, 5) is 27.8. The zero-order valence-electron chi connectivity index (χ0n) is 17.1. The van der Waals surface area contributed by atoms with E-state index in [4.69, 9.17) is 0 Å². The van der Waals surface area contributed by atoms with Crippen LogP contribution >= 0.6 is 0 Å². The smallest absolute Gasteiger partial charge is 0.255 e. The van der Waals surface area contributed by atoms with Crippen LogP contribution in [0.4, 0.5) is 15.8 Å². The summed E-state index contributed by atoms with van der Waals surface area (Å²) in [6.07, 6.45) is 2.17. The quantitative estimate of drug-likeness (QED) is 0.616. The van der Waals surface area contributed by atoms with Crippen molar-refractivity contribution in [3.05, 3.63) is 95.3 Å². The third kappa shape index (κ3) is 5.09. The van der Waals surface area contributed by atoms with E-state index in [1.165, 1.54) is 12.1 Å². The van der Waals surface area contributed by atoms with E-state index in [9.17, 15) is 14.0 Å². The van der Waals surface area contributed by atoms with Crippen LogP contribution < -0.4 is 15.5 Å². The summed E-state index contributed by atoms with van der Waals surface area (Å²) >= 11 is 0. The summed E-state index contributed by atoms with van der Waals surface area (Å²) in [6, 6.07) is 20.4. The molecule has 0 bridgehead atoms. The molecular weight excluding hydrogens is 393 g/mol. The van der Waals surface area contributed by atoms with Crippen molar-refractivity contribution in [3.8, 4) is 0 Å². The average Bonchev–Trinajstić information content (AvgIpc) is 3.34. The maximum atomic E-state index is 13.1. The third-order valence-corrected chi connectivity index (χ3v) is 5.35. The number of hydrogen-bond acceptors (Lipinski definition) is 3. The molecule has 2 amide bonds. The largest absolute Gasteiger partial charge is 0.371 e. The highest BCUT2D eigenvalue weighted by Crippen LogP contribution is 2.28. The van der Waals surface area contributed by atoms with Crippen LogP contribution in [0.25, 0.3) is 0 Å². The molecule has 0 atom stereocenters. The van der Waals surface area contributed by atoms with Gasteiger partial charge in [0.1, 0.15) is 5.82 Å². The number of hydrogen-bond donors (Lipinski definition) is 2. The Bertz CT molecular complexity index is 1060. The minimum Gasteiger partial charge on any atom is -0.371 e. The van der Waals surface area contributed by atoms with Gasteiger partial charge in [-0.3, -0.25) is 9.59 Å². The van der Waals surface area contributed by atoms with Gasteiger partial charge in [-0.05, 0) is 60.9 Å². The molecule has 2 N–H and O–H groups in total. The van der Waals surface area contributed by atoms with Gasteiger partial charge in [-0.15, -0.1) is 0 Å². The van der Waals surface area contributed by atoms with E-state index in [0.29, 0.717) is 23.4 Å². The highest BCUT2D eigenvalue weighted by molar-refractivity contribution is 6.06. The van der Waals surface area contributed by atoms with Crippen molar-refractivity contribution in [2.75, 3.05) is 23.3 Å². The fourth-order valence-electron chi connectivity index (χ4n) is 3.70. The summed E-state index contributed by atoms with van der Waals surface area (Å²) in [5.41, 5.74) is 3.28. The van der Waals surface area contributed by atoms with Crippen LogP contribution in [0.5, 0.6) is 0 Å². The lowest BCUT2D eigenvalue weighted by Crippen LogP contribution is -2.27. The van der Waals surface area contributed by atoms with Gasteiger partial charge in [-0.1, -0.05) is 30.3 Å². The van der Waals surface area contributed by atoms with Gasteiger partial charge in [0.25, 0.3) is 11.8 Å². The van der Waals surface area contributed by atoms with Gasteiger partial charge in [0, 0.05) is 36.6 Å². The molecule has 31 heavy (non-hydrogen) atoms. The van der Waals surface area contributed by atoms with Crippen LogP contribution in [0, 0.1) is 5.82 Å². The number of rotatable bonds is 6. The molecule has 0 aromatic heterocycles. The maximum absolute atomic E-state index is 13.1. The molecule has 3 aromatic carbocycles. The molecule has 5 nitrogen and oxygen atoms in total. The molecule has 6 heteroatoms. The van der Waals surface area contributed by atoms with E-state index >= 15 is 0 Å². The third-order valence-electron chi connectivity index (χ3n) is 5.35. The molecule has 0 radical (unpaired) electrons. The Morgan fingerprint density at radius 1 is 0.871 bits per heavy atom. The second-order valence-electron chi connectivity index (χ2n) is 7.56. The molecule has 1 fully saturated rings. The van der Waals surface area contributed by atoms with Gasteiger partial charge in [0.2, 0.25) is 0 Å². The first-order valence-corrected chi connectivity index (χ1v) is 10.4. The van der Waals surface area contributed by atoms with Gasteiger partial charge in [-0.25, -0.2) is 4.39 Å². The summed E-state index contributed by atoms with van der Waals surface area (Å²) in [7, 11) is 0. The van der Waals surface area contributed by atoms with Gasteiger partial charge in [0.15, 0.2) is 0 Å². The molecule has 1 saturated heterocycles. The first-order valence-electron chi connectivity index (χ1n) is 10.4. The lowest BCUT2D eigenvalue weighted by Gasteiger charge is -2.22. The molecule has 0 unspecified atom stereocenters. The minimum atomic E-state index is -0.312. The van der Waals surface area contributed by atoms with E-state index in [1.54, 1.807) is 42.5 Å². The number of nitrogens with one attached hydrogen (secondary N) is 2. The Morgan fingerprint density at radius 3 is 2.29 bits per heavy atom. The number of carbonyl (C=O) groups is 2. The summed E-state index contributed by atoms with van der Waals surface area (Å²) < 4.78 is 13.1. The number of halogens is 1. The number of amides is 2. The predicted octanol–water partition coefficient (Wildman–Crippen LogP) is 4.61. The first-order chi connectivity index (χ1) is 15.1. The number of anilines is 2. The molecule has 0 spiro atoms. The molecule has 3 aromatic rings. The fourth-order valence-corrected chi connectivity index (χ4v) is 3.70. The molecule has 0 saturated carbocycles. The standard InChI is InChI=1S/C25H24FN3O2/c26-20-10-8-18(9-11-20)17-27-25(31)22-16-21(12-13-23(22)29-14-4-5-15-29)28-24(30)19-6-2-1-3-7-19/h1-3,6-13,16H,4-5,14-15,17H2,(H,27,31)(H,28,30). The van der Waals surface area contributed by atoms with Crippen molar-refractivity contribution in [3.63, 3.8) is 0 Å². The topological polar surface area (TPSA) is 61.4 Å². The SMILES string of the molecule is O=C(Nc1ccc(N2CCCC2)c(C(=O)NCc2ccc(F)cc2)c1)c1ccccc1. The first kappa shape index (κ1) is 20.6. The Hall–Kier alpha value is -3.67. The van der Waals surface area contributed by atoms with E-state index in [1.807, 2.05) is 18.2 Å². The van der Waals surface area contributed by atoms with E-state index < -0.39 is 0 Å². The van der Waals surface area contributed by atoms with Crippen molar-refractivity contribution in [2.45, 2.75) is 19.4 Å². The van der Waals surface area contributed by atoms with Gasteiger partial charge < -0.3 is 15.5 Å². The van der Waals surface area contributed by atoms with E-state index in [2.05, 4.69) is 15.5 Å². The lowest BCUT2D eigenvalue weighted by atomic mass is 10.1. The fraction of sp³-hybridized carbons (Fsp3) is 0.200. The molecular formula is C25H24FN3O2. The summed E-state index contributed by atoms with van der Waals surface area (Å²) in [5, 5.41) is 5.78. The second kappa shape index (κ2) is 9.43. The normalized spacial score (nSPS) is 13.1. The second-order valence-corrected chi connectivity index (χ2v) is 7.56. The molecule has 4 rings (SSSR count). The predicted molar refractivity (Wildman–Crippen MR) is 120 cm³/mol. The van der Waals surface area contributed by atoms with Crippen LogP contribution in [0.15, 0.2) is 72.8 Å². The highest BCUT2D eigenvalue weighted by atomic mass is 19.1. The molecule has 1 heterocycles. The van der Waals surface area contributed by atoms with Gasteiger partial charge >= 0.3 is 0 Å². The highest BCUT2D eigenvalue weighted by Gasteiger charge is 2.20. The Morgan fingerprint density at radius 2 is 1.58 bits per heavy atom. The lowest BCUT2D eigenvalue weighted by molar-refractivity contribution is 0.0950. The molecule has 158 valence electrons. The summed E-state index contributed by atoms with van der Waals surface area (Å²) in [5.74, 6) is -0.775. The van der Waals surface area contributed by atoms with Crippen LogP contribution in [0.1, 0.15) is 39.1 Å². The van der Waals surface area contributed by atoms with Gasteiger partial charge in [-0.2, -0.15) is 0 Å². The van der Waals surface area contributed by atoms with Crippen LogP contribution in [-0.4, -0.2) is 24.9 Å². The average molecular weight is 417 g/mol. The van der Waals surface area contributed by atoms with Crippen molar-refractivity contribution in [1.82, 2.24) is 5.32 Å². The van der Waals surface area contributed by atoms with Gasteiger partial charge in [0.05, 0.1) is 5.56 Å². The zero-order valence-corrected chi connectivity index (χ0v) is 17.1. The van der Waals surface area contributed by atoms with Crippen molar-refractivity contribution < 1.29 is 14.0 Å². The Labute approximate surface area is 180 Å². The van der Waals surface area contributed by atoms with E-state index in [0.717, 1.165) is 37.2 Å². The number of nitrogens with zero attached hydrogens (tertiary/aromatic N) is 1. The van der Waals surface area contributed by atoms with Crippen LogP contribution in [-0.2, 0) is 6.54 Å². The molecule has 0 aliphatic carbocycles. The Balaban J connectivity index is 1.55. The van der Waals surface area contributed by atoms with Crippen molar-refractivity contribution in [1.29, 1.82) is 0 Å². The zero-order chi connectivity index (χ0) is 21.6.